The Morgan fingerprint density at radius 3 is 2.36 bits per heavy atom. The van der Waals surface area contributed by atoms with E-state index in [0.29, 0.717) is 0 Å². The van der Waals surface area contributed by atoms with E-state index in [2.05, 4.69) is 12.6 Å². The van der Waals surface area contributed by atoms with Crippen molar-refractivity contribution in [3.8, 4) is 16.9 Å². The lowest BCUT2D eigenvalue weighted by molar-refractivity contribution is 0.475. The molecule has 0 saturated heterocycles. The maximum Gasteiger partial charge on any atom is 0.116 e. The highest BCUT2D eigenvalue weighted by Gasteiger charge is 2.02. The van der Waals surface area contributed by atoms with Crippen molar-refractivity contribution in [1.82, 2.24) is 0 Å². The summed E-state index contributed by atoms with van der Waals surface area (Å²) in [6, 6.07) is 15.0. The summed E-state index contributed by atoms with van der Waals surface area (Å²) < 4.78 is 0. The van der Waals surface area contributed by atoms with Crippen LogP contribution in [0.4, 0.5) is 0 Å². The molecule has 0 aromatic heterocycles. The average Bonchev–Trinajstić information content (AvgIpc) is 2.23. The molecular weight excluding hydrogens is 192 g/mol. The lowest BCUT2D eigenvalue weighted by atomic mass is 10.1. The Bertz CT molecular complexity index is 437. The molecule has 0 bridgehead atoms. The molecule has 2 heteroatoms. The fourth-order valence-corrected chi connectivity index (χ4v) is 1.64. The van der Waals surface area contributed by atoms with Gasteiger partial charge in [0, 0.05) is 4.90 Å². The van der Waals surface area contributed by atoms with Gasteiger partial charge < -0.3 is 5.11 Å². The van der Waals surface area contributed by atoms with Crippen molar-refractivity contribution < 1.29 is 5.11 Å². The van der Waals surface area contributed by atoms with Crippen LogP contribution < -0.4 is 0 Å². The summed E-state index contributed by atoms with van der Waals surface area (Å²) in [5.74, 6) is 0.265. The highest BCUT2D eigenvalue weighted by Crippen LogP contribution is 2.29. The van der Waals surface area contributed by atoms with E-state index in [1.165, 1.54) is 0 Å². The predicted molar refractivity (Wildman–Crippen MR) is 60.8 cm³/mol. The zero-order valence-electron chi connectivity index (χ0n) is 7.51. The molecule has 0 aliphatic rings. The lowest BCUT2D eigenvalue weighted by Crippen LogP contribution is -1.79. The Kier molecular flexibility index (Phi) is 2.46. The monoisotopic (exact) mass is 202 g/mol. The molecule has 0 aliphatic heterocycles. The van der Waals surface area contributed by atoms with Crippen molar-refractivity contribution in [2.45, 2.75) is 4.90 Å². The van der Waals surface area contributed by atoms with Crippen molar-refractivity contribution in [1.29, 1.82) is 0 Å². The third-order valence-corrected chi connectivity index (χ3v) is 2.45. The third-order valence-electron chi connectivity index (χ3n) is 2.06. The SMILES string of the molecule is Oc1ccc(S)c(-c2ccccc2)c1. The maximum atomic E-state index is 9.36. The number of phenols is 1. The summed E-state index contributed by atoms with van der Waals surface area (Å²) in [5, 5.41) is 9.36. The second-order valence-corrected chi connectivity index (χ2v) is 3.55. The molecule has 2 aromatic rings. The molecule has 0 atom stereocenters. The number of thiol groups is 1. The van der Waals surface area contributed by atoms with Gasteiger partial charge in [0.1, 0.15) is 5.75 Å². The van der Waals surface area contributed by atoms with E-state index in [1.54, 1.807) is 18.2 Å². The quantitative estimate of drug-likeness (QED) is 0.679. The van der Waals surface area contributed by atoms with Crippen molar-refractivity contribution >= 4 is 12.6 Å². The number of phenolic OH excluding ortho intramolecular Hbond substituents is 1. The van der Waals surface area contributed by atoms with Crippen molar-refractivity contribution in [3.63, 3.8) is 0 Å². The Hall–Kier alpha value is -1.41. The highest BCUT2D eigenvalue weighted by molar-refractivity contribution is 7.80. The van der Waals surface area contributed by atoms with Gasteiger partial charge in [0.05, 0.1) is 0 Å². The van der Waals surface area contributed by atoms with Crippen LogP contribution in [-0.4, -0.2) is 5.11 Å². The molecule has 0 unspecified atom stereocenters. The van der Waals surface area contributed by atoms with Gasteiger partial charge in [-0.1, -0.05) is 30.3 Å². The van der Waals surface area contributed by atoms with Gasteiger partial charge in [-0.25, -0.2) is 0 Å². The van der Waals surface area contributed by atoms with Gasteiger partial charge in [-0.15, -0.1) is 12.6 Å². The van der Waals surface area contributed by atoms with Crippen LogP contribution in [0.25, 0.3) is 11.1 Å². The molecule has 0 spiro atoms. The summed E-state index contributed by atoms with van der Waals surface area (Å²) in [6.45, 7) is 0. The minimum Gasteiger partial charge on any atom is -0.508 e. The fraction of sp³-hybridized carbons (Fsp3) is 0. The highest BCUT2D eigenvalue weighted by atomic mass is 32.1. The summed E-state index contributed by atoms with van der Waals surface area (Å²) in [7, 11) is 0. The van der Waals surface area contributed by atoms with Crippen molar-refractivity contribution in [2.24, 2.45) is 0 Å². The molecule has 2 rings (SSSR count). The molecule has 0 saturated carbocycles. The Morgan fingerprint density at radius 1 is 0.929 bits per heavy atom. The van der Waals surface area contributed by atoms with E-state index in [0.717, 1.165) is 16.0 Å². The first-order valence-corrected chi connectivity index (χ1v) is 4.79. The summed E-state index contributed by atoms with van der Waals surface area (Å²) in [5.41, 5.74) is 2.02. The van der Waals surface area contributed by atoms with Gasteiger partial charge in [0.15, 0.2) is 0 Å². The largest absolute Gasteiger partial charge is 0.508 e. The van der Waals surface area contributed by atoms with Crippen LogP contribution in [0.2, 0.25) is 0 Å². The first kappa shape index (κ1) is 9.16. The molecule has 1 N–H and O–H groups in total. The fourth-order valence-electron chi connectivity index (χ4n) is 1.37. The van der Waals surface area contributed by atoms with Crippen LogP contribution in [0.3, 0.4) is 0 Å². The first-order chi connectivity index (χ1) is 6.77. The molecule has 70 valence electrons. The lowest BCUT2D eigenvalue weighted by Gasteiger charge is -2.05. The number of benzene rings is 2. The number of hydrogen-bond acceptors (Lipinski definition) is 2. The molecule has 2 aromatic carbocycles. The molecule has 0 aliphatic carbocycles. The van der Waals surface area contributed by atoms with Gasteiger partial charge in [-0.05, 0) is 29.3 Å². The Labute approximate surface area is 88.4 Å². The molecule has 14 heavy (non-hydrogen) atoms. The third kappa shape index (κ3) is 1.75. The summed E-state index contributed by atoms with van der Waals surface area (Å²) in [6.07, 6.45) is 0. The summed E-state index contributed by atoms with van der Waals surface area (Å²) in [4.78, 5) is 0.869. The van der Waals surface area contributed by atoms with Gasteiger partial charge in [-0.2, -0.15) is 0 Å². The second kappa shape index (κ2) is 3.76. The molecular formula is C12H10OS. The van der Waals surface area contributed by atoms with Crippen LogP contribution in [0.5, 0.6) is 5.75 Å². The van der Waals surface area contributed by atoms with Gasteiger partial charge in [0.2, 0.25) is 0 Å². The second-order valence-electron chi connectivity index (χ2n) is 3.07. The van der Waals surface area contributed by atoms with E-state index >= 15 is 0 Å². The van der Waals surface area contributed by atoms with E-state index in [1.807, 2.05) is 30.3 Å². The smallest absolute Gasteiger partial charge is 0.116 e. The van der Waals surface area contributed by atoms with E-state index in [4.69, 9.17) is 0 Å². The topological polar surface area (TPSA) is 20.2 Å². The zero-order valence-corrected chi connectivity index (χ0v) is 8.41. The van der Waals surface area contributed by atoms with Gasteiger partial charge in [0.25, 0.3) is 0 Å². The van der Waals surface area contributed by atoms with Crippen molar-refractivity contribution in [3.05, 3.63) is 48.5 Å². The predicted octanol–water partition coefficient (Wildman–Crippen LogP) is 3.35. The van der Waals surface area contributed by atoms with Crippen LogP contribution in [0.1, 0.15) is 0 Å². The van der Waals surface area contributed by atoms with Gasteiger partial charge >= 0.3 is 0 Å². The molecule has 0 heterocycles. The average molecular weight is 202 g/mol. The first-order valence-electron chi connectivity index (χ1n) is 4.35. The van der Waals surface area contributed by atoms with Crippen molar-refractivity contribution in [2.75, 3.05) is 0 Å². The molecule has 0 fully saturated rings. The van der Waals surface area contributed by atoms with Crippen LogP contribution in [0.15, 0.2) is 53.4 Å². The zero-order chi connectivity index (χ0) is 9.97. The summed E-state index contributed by atoms with van der Waals surface area (Å²) >= 11 is 4.35. The Morgan fingerprint density at radius 2 is 1.64 bits per heavy atom. The minimum atomic E-state index is 0.265. The molecule has 1 nitrogen and oxygen atoms in total. The van der Waals surface area contributed by atoms with E-state index < -0.39 is 0 Å². The van der Waals surface area contributed by atoms with Gasteiger partial charge in [-0.3, -0.25) is 0 Å². The molecule has 0 amide bonds. The van der Waals surface area contributed by atoms with Crippen LogP contribution in [-0.2, 0) is 0 Å². The standard InChI is InChI=1S/C12H10OS/c13-10-6-7-12(14)11(8-10)9-4-2-1-3-5-9/h1-8,13-14H. The van der Waals surface area contributed by atoms with E-state index in [9.17, 15) is 5.11 Å². The normalized spacial score (nSPS) is 10.1. The van der Waals surface area contributed by atoms with E-state index in [-0.39, 0.29) is 5.75 Å². The number of rotatable bonds is 1. The number of aromatic hydroxyl groups is 1. The minimum absolute atomic E-state index is 0.265. The Balaban J connectivity index is 2.57. The van der Waals surface area contributed by atoms with Crippen LogP contribution in [0, 0.1) is 0 Å². The maximum absolute atomic E-state index is 9.36. The number of hydrogen-bond donors (Lipinski definition) is 2. The van der Waals surface area contributed by atoms with Crippen LogP contribution >= 0.6 is 12.6 Å². The molecule has 0 radical (unpaired) electrons.